The number of thioether (sulfide) groups is 1. The van der Waals surface area contributed by atoms with Crippen molar-refractivity contribution in [2.45, 2.75) is 76.3 Å². The fraction of sp³-hybridized carbons (Fsp3) is 0.938. The van der Waals surface area contributed by atoms with Crippen LogP contribution in [0.5, 0.6) is 0 Å². The largest absolute Gasteiger partial charge is 0.296 e. The monoisotopic (exact) mass is 280 g/mol. The van der Waals surface area contributed by atoms with Crippen molar-refractivity contribution in [3.8, 4) is 6.07 Å². The van der Waals surface area contributed by atoms with Crippen LogP contribution in [0.2, 0.25) is 0 Å². The van der Waals surface area contributed by atoms with Crippen LogP contribution in [0, 0.1) is 17.2 Å². The van der Waals surface area contributed by atoms with Crippen molar-refractivity contribution < 1.29 is 0 Å². The zero-order valence-corrected chi connectivity index (χ0v) is 13.1. The second-order valence-electron chi connectivity index (χ2n) is 6.20. The van der Waals surface area contributed by atoms with Crippen LogP contribution in [0.25, 0.3) is 0 Å². The van der Waals surface area contributed by atoms with Gasteiger partial charge in [0, 0.05) is 6.04 Å². The molecule has 0 radical (unpaired) electrons. The molecule has 2 aliphatic rings. The molecule has 0 saturated heterocycles. The summed E-state index contributed by atoms with van der Waals surface area (Å²) in [6.07, 6.45) is 11.4. The van der Waals surface area contributed by atoms with Gasteiger partial charge in [-0.15, -0.1) is 0 Å². The first-order valence-electron chi connectivity index (χ1n) is 8.07. The van der Waals surface area contributed by atoms with E-state index in [0.29, 0.717) is 12.0 Å². The highest BCUT2D eigenvalue weighted by atomic mass is 32.2. The van der Waals surface area contributed by atoms with Crippen LogP contribution < -0.4 is 5.32 Å². The first-order valence-corrected chi connectivity index (χ1v) is 9.23. The molecule has 2 aliphatic carbocycles. The van der Waals surface area contributed by atoms with E-state index >= 15 is 0 Å². The van der Waals surface area contributed by atoms with Gasteiger partial charge < -0.3 is 0 Å². The molecule has 1 N–H and O–H groups in total. The summed E-state index contributed by atoms with van der Waals surface area (Å²) in [7, 11) is 0. The van der Waals surface area contributed by atoms with E-state index in [1.807, 2.05) is 0 Å². The summed E-state index contributed by atoms with van der Waals surface area (Å²) >= 11 is 2.09. The van der Waals surface area contributed by atoms with Crippen LogP contribution in [0.1, 0.15) is 64.7 Å². The van der Waals surface area contributed by atoms with Gasteiger partial charge >= 0.3 is 0 Å². The average molecular weight is 280 g/mol. The predicted molar refractivity (Wildman–Crippen MR) is 83.3 cm³/mol. The van der Waals surface area contributed by atoms with Gasteiger partial charge in [-0.3, -0.25) is 5.32 Å². The molecule has 0 aromatic heterocycles. The summed E-state index contributed by atoms with van der Waals surface area (Å²) in [4.78, 5) is 0. The fourth-order valence-electron chi connectivity index (χ4n) is 3.21. The smallest absolute Gasteiger partial charge is 0.109 e. The Morgan fingerprint density at radius 2 is 2.11 bits per heavy atom. The van der Waals surface area contributed by atoms with Crippen molar-refractivity contribution >= 4 is 11.8 Å². The summed E-state index contributed by atoms with van der Waals surface area (Å²) in [5.41, 5.74) is -0.175. The predicted octanol–water partition coefficient (Wildman–Crippen LogP) is 4.11. The summed E-state index contributed by atoms with van der Waals surface area (Å²) in [6, 6.07) is 3.29. The maximum absolute atomic E-state index is 9.62. The van der Waals surface area contributed by atoms with Gasteiger partial charge in [-0.05, 0) is 55.9 Å². The lowest BCUT2D eigenvalue weighted by Gasteiger charge is -2.30. The highest BCUT2D eigenvalue weighted by Crippen LogP contribution is 2.40. The molecule has 19 heavy (non-hydrogen) atoms. The SMILES string of the molecule is CCCCCSCCC1CCCC1(C#N)NC1CC1. The topological polar surface area (TPSA) is 35.8 Å². The zero-order chi connectivity index (χ0) is 13.6. The molecule has 0 bridgehead atoms. The van der Waals surface area contributed by atoms with Crippen molar-refractivity contribution in [2.75, 3.05) is 11.5 Å². The second-order valence-corrected chi connectivity index (χ2v) is 7.42. The van der Waals surface area contributed by atoms with Gasteiger partial charge in [0.2, 0.25) is 0 Å². The van der Waals surface area contributed by atoms with Crippen LogP contribution in [0.15, 0.2) is 0 Å². The number of unbranched alkanes of at least 4 members (excludes halogenated alkanes) is 2. The Kier molecular flexibility index (Phi) is 6.04. The Morgan fingerprint density at radius 1 is 1.26 bits per heavy atom. The molecule has 2 saturated carbocycles. The van der Waals surface area contributed by atoms with E-state index in [0.717, 1.165) is 6.42 Å². The van der Waals surface area contributed by atoms with Crippen LogP contribution in [-0.2, 0) is 0 Å². The van der Waals surface area contributed by atoms with Crippen molar-refractivity contribution in [3.05, 3.63) is 0 Å². The quantitative estimate of drug-likeness (QED) is 0.646. The summed E-state index contributed by atoms with van der Waals surface area (Å²) < 4.78 is 0. The maximum atomic E-state index is 9.62. The third-order valence-corrected chi connectivity index (χ3v) is 5.66. The molecular weight excluding hydrogens is 252 g/mol. The van der Waals surface area contributed by atoms with Crippen molar-refractivity contribution in [1.29, 1.82) is 5.26 Å². The van der Waals surface area contributed by atoms with E-state index < -0.39 is 0 Å². The fourth-order valence-corrected chi connectivity index (χ4v) is 4.28. The number of hydrogen-bond acceptors (Lipinski definition) is 3. The molecule has 0 aromatic carbocycles. The van der Waals surface area contributed by atoms with E-state index in [4.69, 9.17) is 0 Å². The molecule has 108 valence electrons. The van der Waals surface area contributed by atoms with E-state index in [1.54, 1.807) is 0 Å². The van der Waals surface area contributed by atoms with Crippen molar-refractivity contribution in [2.24, 2.45) is 5.92 Å². The van der Waals surface area contributed by atoms with Gasteiger partial charge in [0.25, 0.3) is 0 Å². The van der Waals surface area contributed by atoms with Crippen LogP contribution in [0.4, 0.5) is 0 Å². The zero-order valence-electron chi connectivity index (χ0n) is 12.3. The molecule has 0 aromatic rings. The van der Waals surface area contributed by atoms with E-state index in [1.165, 1.54) is 62.9 Å². The van der Waals surface area contributed by atoms with Crippen molar-refractivity contribution in [3.63, 3.8) is 0 Å². The van der Waals surface area contributed by atoms with Gasteiger partial charge in [-0.2, -0.15) is 17.0 Å². The third-order valence-electron chi connectivity index (χ3n) is 4.56. The standard InChI is InChI=1S/C16H28N2S/c1-2-3-4-11-19-12-9-14-6-5-10-16(14,13-17)18-15-7-8-15/h14-15,18H,2-12H2,1H3. The Morgan fingerprint density at radius 3 is 2.79 bits per heavy atom. The normalized spacial score (nSPS) is 30.4. The van der Waals surface area contributed by atoms with Gasteiger partial charge in [0.1, 0.15) is 5.54 Å². The molecular formula is C16H28N2S. The Bertz CT molecular complexity index is 308. The Hall–Kier alpha value is -0.200. The van der Waals surface area contributed by atoms with Crippen LogP contribution in [0.3, 0.4) is 0 Å². The molecule has 2 rings (SSSR count). The number of rotatable bonds is 9. The van der Waals surface area contributed by atoms with Gasteiger partial charge in [0.15, 0.2) is 0 Å². The average Bonchev–Trinajstić information content (AvgIpc) is 3.14. The molecule has 2 nitrogen and oxygen atoms in total. The van der Waals surface area contributed by atoms with Crippen LogP contribution in [-0.4, -0.2) is 23.1 Å². The summed E-state index contributed by atoms with van der Waals surface area (Å²) in [5, 5.41) is 13.3. The molecule has 0 aliphatic heterocycles. The minimum atomic E-state index is -0.175. The van der Waals surface area contributed by atoms with Crippen molar-refractivity contribution in [1.82, 2.24) is 5.32 Å². The van der Waals surface area contributed by atoms with Gasteiger partial charge in [0.05, 0.1) is 6.07 Å². The molecule has 0 spiro atoms. The Labute approximate surface area is 122 Å². The second kappa shape index (κ2) is 7.55. The first kappa shape index (κ1) is 15.2. The first-order chi connectivity index (χ1) is 9.30. The van der Waals surface area contributed by atoms with Crippen LogP contribution >= 0.6 is 11.8 Å². The lowest BCUT2D eigenvalue weighted by atomic mass is 9.86. The number of nitrogens with zero attached hydrogens (tertiary/aromatic N) is 1. The molecule has 2 unspecified atom stereocenters. The molecule has 2 fully saturated rings. The van der Waals surface area contributed by atoms with Gasteiger partial charge in [-0.1, -0.05) is 26.2 Å². The number of hydrogen-bond donors (Lipinski definition) is 1. The number of nitrogens with one attached hydrogen (secondary N) is 1. The lowest BCUT2D eigenvalue weighted by Crippen LogP contribution is -2.48. The van der Waals surface area contributed by atoms with Gasteiger partial charge in [-0.25, -0.2) is 0 Å². The minimum Gasteiger partial charge on any atom is -0.296 e. The maximum Gasteiger partial charge on any atom is 0.109 e. The minimum absolute atomic E-state index is 0.175. The molecule has 2 atom stereocenters. The third kappa shape index (κ3) is 4.39. The Balaban J connectivity index is 1.70. The van der Waals surface area contributed by atoms with E-state index in [2.05, 4.69) is 30.1 Å². The molecule has 3 heteroatoms. The highest BCUT2D eigenvalue weighted by Gasteiger charge is 2.45. The lowest BCUT2D eigenvalue weighted by molar-refractivity contribution is 0.308. The summed E-state index contributed by atoms with van der Waals surface area (Å²) in [6.45, 7) is 2.26. The van der Waals surface area contributed by atoms with E-state index in [9.17, 15) is 5.26 Å². The number of nitriles is 1. The summed E-state index contributed by atoms with van der Waals surface area (Å²) in [5.74, 6) is 3.14. The molecule has 0 amide bonds. The highest BCUT2D eigenvalue weighted by molar-refractivity contribution is 7.99. The van der Waals surface area contributed by atoms with E-state index in [-0.39, 0.29) is 5.54 Å². The molecule has 0 heterocycles.